The first-order valence-corrected chi connectivity index (χ1v) is 7.40. The van der Waals surface area contributed by atoms with Gasteiger partial charge in [0.2, 0.25) is 0 Å². The summed E-state index contributed by atoms with van der Waals surface area (Å²) in [6.45, 7) is 1.02. The molecule has 1 aliphatic heterocycles. The van der Waals surface area contributed by atoms with E-state index in [1.807, 2.05) is 0 Å². The van der Waals surface area contributed by atoms with Gasteiger partial charge in [0, 0.05) is 5.02 Å². The molecule has 0 spiro atoms. The van der Waals surface area contributed by atoms with Crippen LogP contribution in [0.4, 0.5) is 0 Å². The largest absolute Gasteiger partial charge is 0.486 e. The van der Waals surface area contributed by atoms with Crippen molar-refractivity contribution in [3.63, 3.8) is 0 Å². The van der Waals surface area contributed by atoms with Crippen LogP contribution in [-0.2, 0) is 11.3 Å². The minimum absolute atomic E-state index is 0.0850. The number of benzene rings is 2. The lowest BCUT2D eigenvalue weighted by Gasteiger charge is -2.20. The Morgan fingerprint density at radius 3 is 2.77 bits per heavy atom. The summed E-state index contributed by atoms with van der Waals surface area (Å²) in [5.41, 5.74) is 1.13. The van der Waals surface area contributed by atoms with Gasteiger partial charge in [-0.25, -0.2) is 4.79 Å². The van der Waals surface area contributed by atoms with Crippen molar-refractivity contribution in [1.29, 1.82) is 0 Å². The summed E-state index contributed by atoms with van der Waals surface area (Å²) < 4.78 is 16.2. The van der Waals surface area contributed by atoms with E-state index in [0.29, 0.717) is 40.3 Å². The molecule has 0 aliphatic carbocycles. The highest BCUT2D eigenvalue weighted by Gasteiger charge is 2.17. The predicted octanol–water partition coefficient (Wildman–Crippen LogP) is 4.12. The van der Waals surface area contributed by atoms with Crippen molar-refractivity contribution < 1.29 is 19.0 Å². The highest BCUT2D eigenvalue weighted by Crippen LogP contribution is 2.38. The summed E-state index contributed by atoms with van der Waals surface area (Å²) in [7, 11) is 0. The number of hydrogen-bond donors (Lipinski definition) is 0. The fourth-order valence-electron chi connectivity index (χ4n) is 2.10. The lowest BCUT2D eigenvalue weighted by atomic mass is 10.2. The summed E-state index contributed by atoms with van der Waals surface area (Å²) in [6, 6.07) is 10.0. The number of carbonyl (C=O) groups is 1. The van der Waals surface area contributed by atoms with E-state index in [2.05, 4.69) is 0 Å². The molecule has 0 fully saturated rings. The van der Waals surface area contributed by atoms with Crippen molar-refractivity contribution in [3.05, 3.63) is 57.6 Å². The fraction of sp³-hybridized carbons (Fsp3) is 0.188. The minimum atomic E-state index is -0.450. The van der Waals surface area contributed by atoms with Gasteiger partial charge < -0.3 is 14.2 Å². The molecule has 4 nitrogen and oxygen atoms in total. The Morgan fingerprint density at radius 2 is 1.95 bits per heavy atom. The van der Waals surface area contributed by atoms with Crippen molar-refractivity contribution in [2.75, 3.05) is 13.2 Å². The van der Waals surface area contributed by atoms with Crippen LogP contribution in [0.3, 0.4) is 0 Å². The molecule has 0 saturated carbocycles. The Kier molecular flexibility index (Phi) is 4.41. The summed E-state index contributed by atoms with van der Waals surface area (Å²) in [4.78, 5) is 12.0. The summed E-state index contributed by atoms with van der Waals surface area (Å²) in [6.07, 6.45) is 0. The molecule has 3 rings (SSSR count). The minimum Gasteiger partial charge on any atom is -0.486 e. The second kappa shape index (κ2) is 6.46. The van der Waals surface area contributed by atoms with E-state index in [-0.39, 0.29) is 6.61 Å². The third-order valence-electron chi connectivity index (χ3n) is 3.09. The molecule has 0 unspecified atom stereocenters. The van der Waals surface area contributed by atoms with Crippen molar-refractivity contribution >= 4 is 29.2 Å². The van der Waals surface area contributed by atoms with Gasteiger partial charge in [0.25, 0.3) is 0 Å². The Bertz CT molecular complexity index is 715. The van der Waals surface area contributed by atoms with Gasteiger partial charge in [0.05, 0.1) is 10.6 Å². The van der Waals surface area contributed by atoms with Crippen molar-refractivity contribution in [1.82, 2.24) is 0 Å². The summed E-state index contributed by atoms with van der Waals surface area (Å²) in [5.74, 6) is 0.638. The quantitative estimate of drug-likeness (QED) is 0.789. The molecular weight excluding hydrogens is 327 g/mol. The molecule has 6 heteroatoms. The van der Waals surface area contributed by atoms with E-state index in [4.69, 9.17) is 37.4 Å². The van der Waals surface area contributed by atoms with Crippen molar-refractivity contribution in [2.24, 2.45) is 0 Å². The van der Waals surface area contributed by atoms with Crippen LogP contribution in [0, 0.1) is 0 Å². The van der Waals surface area contributed by atoms with Crippen molar-refractivity contribution in [2.45, 2.75) is 6.61 Å². The first kappa shape index (κ1) is 15.0. The van der Waals surface area contributed by atoms with Gasteiger partial charge in [0.15, 0.2) is 11.5 Å². The summed E-state index contributed by atoms with van der Waals surface area (Å²) in [5, 5.41) is 0.919. The van der Waals surface area contributed by atoms with Gasteiger partial charge >= 0.3 is 5.97 Å². The first-order chi connectivity index (χ1) is 10.6. The maximum absolute atomic E-state index is 12.0. The number of hydrogen-bond acceptors (Lipinski definition) is 4. The third-order valence-corrected chi connectivity index (χ3v) is 3.60. The van der Waals surface area contributed by atoms with E-state index in [9.17, 15) is 4.79 Å². The third kappa shape index (κ3) is 3.29. The predicted molar refractivity (Wildman–Crippen MR) is 83.0 cm³/mol. The van der Waals surface area contributed by atoms with E-state index >= 15 is 0 Å². The number of halogens is 2. The molecule has 2 aromatic carbocycles. The van der Waals surface area contributed by atoms with Gasteiger partial charge in [-0.15, -0.1) is 0 Å². The second-order valence-electron chi connectivity index (χ2n) is 4.69. The number of carbonyl (C=O) groups excluding carboxylic acids is 1. The average molecular weight is 339 g/mol. The van der Waals surface area contributed by atoms with Crippen LogP contribution in [0.1, 0.15) is 15.9 Å². The molecule has 0 amide bonds. The molecule has 1 heterocycles. The Labute approximate surface area is 137 Å². The Hall–Kier alpha value is -1.91. The lowest BCUT2D eigenvalue weighted by molar-refractivity contribution is 0.0472. The zero-order valence-corrected chi connectivity index (χ0v) is 13.0. The molecule has 0 saturated heterocycles. The molecule has 0 bridgehead atoms. The summed E-state index contributed by atoms with van der Waals surface area (Å²) >= 11 is 12.0. The average Bonchev–Trinajstić information content (AvgIpc) is 2.53. The van der Waals surface area contributed by atoms with Gasteiger partial charge in [-0.3, -0.25) is 0 Å². The smallest absolute Gasteiger partial charge is 0.338 e. The highest BCUT2D eigenvalue weighted by molar-refractivity contribution is 6.32. The zero-order chi connectivity index (χ0) is 15.5. The van der Waals surface area contributed by atoms with E-state index in [0.717, 1.165) is 5.56 Å². The molecule has 0 radical (unpaired) electrons. The van der Waals surface area contributed by atoms with Gasteiger partial charge in [-0.2, -0.15) is 0 Å². The molecule has 0 aromatic heterocycles. The van der Waals surface area contributed by atoms with E-state index < -0.39 is 5.97 Å². The normalized spacial score (nSPS) is 12.8. The zero-order valence-electron chi connectivity index (χ0n) is 11.5. The Balaban J connectivity index is 1.71. The Morgan fingerprint density at radius 1 is 1.14 bits per heavy atom. The van der Waals surface area contributed by atoms with E-state index in [1.54, 1.807) is 36.4 Å². The number of esters is 1. The molecule has 0 atom stereocenters. The van der Waals surface area contributed by atoms with Crippen molar-refractivity contribution in [3.8, 4) is 11.5 Å². The van der Waals surface area contributed by atoms with Crippen LogP contribution >= 0.6 is 23.2 Å². The van der Waals surface area contributed by atoms with Gasteiger partial charge in [0.1, 0.15) is 19.8 Å². The standard InChI is InChI=1S/C16H12Cl2O4/c17-12-3-1-2-11(8-12)16(19)22-9-10-6-13(18)15-14(7-10)20-4-5-21-15/h1-3,6-8H,4-5,9H2. The number of ether oxygens (including phenoxy) is 3. The van der Waals surface area contributed by atoms with E-state index in [1.165, 1.54) is 0 Å². The lowest BCUT2D eigenvalue weighted by Crippen LogP contribution is -2.16. The van der Waals surface area contributed by atoms with Crippen LogP contribution < -0.4 is 9.47 Å². The maximum Gasteiger partial charge on any atom is 0.338 e. The number of fused-ring (bicyclic) bond motifs is 1. The van der Waals surface area contributed by atoms with Crippen LogP contribution in [0.2, 0.25) is 10.0 Å². The second-order valence-corrected chi connectivity index (χ2v) is 5.53. The van der Waals surface area contributed by atoms with Gasteiger partial charge in [-0.1, -0.05) is 29.3 Å². The molecule has 0 N–H and O–H groups in total. The fourth-order valence-corrected chi connectivity index (χ4v) is 2.57. The molecule has 114 valence electrons. The highest BCUT2D eigenvalue weighted by atomic mass is 35.5. The van der Waals surface area contributed by atoms with Crippen LogP contribution in [0.5, 0.6) is 11.5 Å². The molecule has 1 aliphatic rings. The van der Waals surface area contributed by atoms with Gasteiger partial charge in [-0.05, 0) is 35.9 Å². The van der Waals surface area contributed by atoms with Crippen LogP contribution in [-0.4, -0.2) is 19.2 Å². The molecule has 2 aromatic rings. The van der Waals surface area contributed by atoms with Crippen LogP contribution in [0.15, 0.2) is 36.4 Å². The first-order valence-electron chi connectivity index (χ1n) is 6.64. The maximum atomic E-state index is 12.0. The SMILES string of the molecule is O=C(OCc1cc(Cl)c2c(c1)OCCO2)c1cccc(Cl)c1. The monoisotopic (exact) mass is 338 g/mol. The molecular formula is C16H12Cl2O4. The van der Waals surface area contributed by atoms with Crippen LogP contribution in [0.25, 0.3) is 0 Å². The number of rotatable bonds is 3. The molecule has 22 heavy (non-hydrogen) atoms. The topological polar surface area (TPSA) is 44.8 Å².